The number of hydrogen-bond acceptors (Lipinski definition) is 4. The number of para-hydroxylation sites is 1. The van der Waals surface area contributed by atoms with E-state index in [-0.39, 0.29) is 29.7 Å². The smallest absolute Gasteiger partial charge is 0.251 e. The first kappa shape index (κ1) is 24.8. The molecule has 0 aliphatic carbocycles. The molecule has 2 aromatic rings. The molecule has 1 heterocycles. The summed E-state index contributed by atoms with van der Waals surface area (Å²) >= 11 is 0. The van der Waals surface area contributed by atoms with Crippen molar-refractivity contribution in [3.8, 4) is 5.75 Å². The second-order valence-corrected chi connectivity index (χ2v) is 9.76. The lowest BCUT2D eigenvalue weighted by molar-refractivity contribution is -0.122. The fourth-order valence-corrected chi connectivity index (χ4v) is 4.12. The maximum absolute atomic E-state index is 12.4. The van der Waals surface area contributed by atoms with Gasteiger partial charge >= 0.3 is 0 Å². The number of benzene rings is 2. The first-order valence-electron chi connectivity index (χ1n) is 11.8. The van der Waals surface area contributed by atoms with Crippen LogP contribution in [-0.2, 0) is 16.8 Å². The second-order valence-electron chi connectivity index (χ2n) is 9.76. The molecule has 2 N–H and O–H groups in total. The summed E-state index contributed by atoms with van der Waals surface area (Å²) in [5.74, 6) is 0.759. The molecule has 0 aromatic heterocycles. The van der Waals surface area contributed by atoms with Gasteiger partial charge in [0.2, 0.25) is 5.91 Å². The normalized spacial score (nSPS) is 15.2. The molecule has 33 heavy (non-hydrogen) atoms. The van der Waals surface area contributed by atoms with E-state index < -0.39 is 0 Å². The van der Waals surface area contributed by atoms with Gasteiger partial charge < -0.3 is 15.4 Å². The minimum Gasteiger partial charge on any atom is -0.496 e. The number of rotatable bonds is 8. The van der Waals surface area contributed by atoms with Crippen LogP contribution in [0.15, 0.2) is 48.5 Å². The molecule has 1 fully saturated rings. The van der Waals surface area contributed by atoms with E-state index in [2.05, 4.69) is 42.4 Å². The Hall–Kier alpha value is -2.86. The van der Waals surface area contributed by atoms with Gasteiger partial charge in [-0.3, -0.25) is 14.5 Å². The number of hydrogen-bond donors (Lipinski definition) is 2. The SMILES string of the molecule is COc1ccccc1CN1CCC(NC(=O)CCNC(=O)c2ccc(C(C)(C)C)cc2)CC1. The average Bonchev–Trinajstić information content (AvgIpc) is 2.80. The summed E-state index contributed by atoms with van der Waals surface area (Å²) in [5, 5.41) is 5.97. The Bertz CT molecular complexity index is 926. The van der Waals surface area contributed by atoms with E-state index in [9.17, 15) is 9.59 Å². The Morgan fingerprint density at radius 3 is 2.33 bits per heavy atom. The predicted molar refractivity (Wildman–Crippen MR) is 132 cm³/mol. The Balaban J connectivity index is 1.35. The van der Waals surface area contributed by atoms with Gasteiger partial charge in [0.1, 0.15) is 5.75 Å². The quantitative estimate of drug-likeness (QED) is 0.639. The number of methoxy groups -OCH3 is 1. The van der Waals surface area contributed by atoms with Crippen molar-refractivity contribution in [3.05, 3.63) is 65.2 Å². The van der Waals surface area contributed by atoms with E-state index in [1.807, 2.05) is 42.5 Å². The molecule has 3 rings (SSSR count). The number of likely N-dealkylation sites (tertiary alicyclic amines) is 1. The summed E-state index contributed by atoms with van der Waals surface area (Å²) in [6, 6.07) is 15.9. The Kier molecular flexibility index (Phi) is 8.50. The minimum atomic E-state index is -0.145. The van der Waals surface area contributed by atoms with Crippen molar-refractivity contribution in [1.29, 1.82) is 0 Å². The molecule has 178 valence electrons. The van der Waals surface area contributed by atoms with Crippen molar-refractivity contribution in [2.45, 2.75) is 58.0 Å². The summed E-state index contributed by atoms with van der Waals surface area (Å²) in [6.45, 7) is 9.49. The van der Waals surface area contributed by atoms with Crippen LogP contribution >= 0.6 is 0 Å². The van der Waals surface area contributed by atoms with Gasteiger partial charge in [0.15, 0.2) is 0 Å². The number of amides is 2. The lowest BCUT2D eigenvalue weighted by Crippen LogP contribution is -2.45. The highest BCUT2D eigenvalue weighted by Gasteiger charge is 2.21. The third kappa shape index (κ3) is 7.32. The second kappa shape index (κ2) is 11.3. The molecule has 1 aliphatic rings. The standard InChI is InChI=1S/C27H37N3O3/c1-27(2,3)22-11-9-20(10-12-22)26(32)28-16-13-25(31)29-23-14-17-30(18-15-23)19-21-7-5-6-8-24(21)33-4/h5-12,23H,13-19H2,1-4H3,(H,28,32)(H,29,31). The Morgan fingerprint density at radius 1 is 1.03 bits per heavy atom. The van der Waals surface area contributed by atoms with Gasteiger partial charge in [0.25, 0.3) is 5.91 Å². The van der Waals surface area contributed by atoms with Gasteiger partial charge in [-0.05, 0) is 42.0 Å². The molecule has 1 saturated heterocycles. The van der Waals surface area contributed by atoms with Gasteiger partial charge in [-0.25, -0.2) is 0 Å². The van der Waals surface area contributed by atoms with Crippen LogP contribution in [0.4, 0.5) is 0 Å². The van der Waals surface area contributed by atoms with E-state index in [1.165, 1.54) is 11.1 Å². The van der Waals surface area contributed by atoms with Crippen LogP contribution in [0.25, 0.3) is 0 Å². The van der Waals surface area contributed by atoms with Crippen molar-refractivity contribution in [2.75, 3.05) is 26.7 Å². The van der Waals surface area contributed by atoms with Crippen molar-refractivity contribution in [1.82, 2.24) is 15.5 Å². The molecule has 0 radical (unpaired) electrons. The van der Waals surface area contributed by atoms with Crippen molar-refractivity contribution in [2.24, 2.45) is 0 Å². The summed E-state index contributed by atoms with van der Waals surface area (Å²) in [6.07, 6.45) is 2.13. The Morgan fingerprint density at radius 2 is 1.70 bits per heavy atom. The number of carbonyl (C=O) groups is 2. The number of nitrogens with zero attached hydrogens (tertiary/aromatic N) is 1. The highest BCUT2D eigenvalue weighted by Crippen LogP contribution is 2.23. The molecule has 0 atom stereocenters. The summed E-state index contributed by atoms with van der Waals surface area (Å²) in [7, 11) is 1.70. The highest BCUT2D eigenvalue weighted by atomic mass is 16.5. The lowest BCUT2D eigenvalue weighted by atomic mass is 9.87. The van der Waals surface area contributed by atoms with E-state index in [4.69, 9.17) is 4.74 Å². The first-order chi connectivity index (χ1) is 15.8. The van der Waals surface area contributed by atoms with Crippen LogP contribution in [-0.4, -0.2) is 49.5 Å². The molecule has 2 amide bonds. The number of ether oxygens (including phenoxy) is 1. The maximum atomic E-state index is 12.4. The molecule has 6 heteroatoms. The molecule has 1 aliphatic heterocycles. The van der Waals surface area contributed by atoms with Crippen LogP contribution in [0.5, 0.6) is 5.75 Å². The molecular formula is C27H37N3O3. The van der Waals surface area contributed by atoms with E-state index >= 15 is 0 Å². The monoisotopic (exact) mass is 451 g/mol. The van der Waals surface area contributed by atoms with Crippen LogP contribution in [0.2, 0.25) is 0 Å². The zero-order valence-electron chi connectivity index (χ0n) is 20.3. The highest BCUT2D eigenvalue weighted by molar-refractivity contribution is 5.94. The lowest BCUT2D eigenvalue weighted by Gasteiger charge is -2.32. The molecule has 0 spiro atoms. The number of nitrogens with one attached hydrogen (secondary N) is 2. The number of piperidine rings is 1. The average molecular weight is 452 g/mol. The molecule has 6 nitrogen and oxygen atoms in total. The van der Waals surface area contributed by atoms with Crippen LogP contribution in [0, 0.1) is 0 Å². The van der Waals surface area contributed by atoms with Gasteiger partial charge in [-0.1, -0.05) is 51.1 Å². The third-order valence-electron chi connectivity index (χ3n) is 6.19. The van der Waals surface area contributed by atoms with E-state index in [0.717, 1.165) is 38.2 Å². The van der Waals surface area contributed by atoms with Crippen molar-refractivity contribution >= 4 is 11.8 Å². The molecule has 0 bridgehead atoms. The van der Waals surface area contributed by atoms with Crippen molar-refractivity contribution in [3.63, 3.8) is 0 Å². The summed E-state index contributed by atoms with van der Waals surface area (Å²) in [5.41, 5.74) is 3.04. The topological polar surface area (TPSA) is 70.7 Å². The first-order valence-corrected chi connectivity index (χ1v) is 11.8. The van der Waals surface area contributed by atoms with E-state index in [1.54, 1.807) is 7.11 Å². The molecular weight excluding hydrogens is 414 g/mol. The fraction of sp³-hybridized carbons (Fsp3) is 0.481. The van der Waals surface area contributed by atoms with Crippen LogP contribution in [0.1, 0.15) is 61.5 Å². The molecule has 2 aromatic carbocycles. The van der Waals surface area contributed by atoms with E-state index in [0.29, 0.717) is 12.1 Å². The fourth-order valence-electron chi connectivity index (χ4n) is 4.12. The van der Waals surface area contributed by atoms with Crippen LogP contribution in [0.3, 0.4) is 0 Å². The molecule has 0 saturated carbocycles. The molecule has 0 unspecified atom stereocenters. The van der Waals surface area contributed by atoms with Gasteiger partial charge in [-0.2, -0.15) is 0 Å². The van der Waals surface area contributed by atoms with Gasteiger partial charge in [0.05, 0.1) is 7.11 Å². The van der Waals surface area contributed by atoms with Gasteiger partial charge in [0, 0.05) is 49.8 Å². The van der Waals surface area contributed by atoms with Crippen LogP contribution < -0.4 is 15.4 Å². The zero-order valence-corrected chi connectivity index (χ0v) is 20.3. The Labute approximate surface area is 197 Å². The summed E-state index contributed by atoms with van der Waals surface area (Å²) < 4.78 is 5.45. The largest absolute Gasteiger partial charge is 0.496 e. The minimum absolute atomic E-state index is 0.0124. The van der Waals surface area contributed by atoms with Crippen molar-refractivity contribution < 1.29 is 14.3 Å². The zero-order chi connectivity index (χ0) is 23.8. The van der Waals surface area contributed by atoms with Gasteiger partial charge in [-0.15, -0.1) is 0 Å². The summed E-state index contributed by atoms with van der Waals surface area (Å²) in [4.78, 5) is 27.1. The third-order valence-corrected chi connectivity index (χ3v) is 6.19. The maximum Gasteiger partial charge on any atom is 0.251 e. The number of carbonyl (C=O) groups excluding carboxylic acids is 2. The predicted octanol–water partition coefficient (Wildman–Crippen LogP) is 3.89.